The summed E-state index contributed by atoms with van der Waals surface area (Å²) in [5.41, 5.74) is 15.0. The average molecular weight is 536 g/mol. The van der Waals surface area contributed by atoms with Crippen molar-refractivity contribution in [3.8, 4) is 11.1 Å². The van der Waals surface area contributed by atoms with Crippen LogP contribution in [0.25, 0.3) is 17.2 Å². The molecule has 0 aliphatic heterocycles. The third-order valence-corrected chi connectivity index (χ3v) is 10.4. The van der Waals surface area contributed by atoms with Gasteiger partial charge in [0.1, 0.15) is 0 Å². The van der Waals surface area contributed by atoms with Crippen LogP contribution in [0.4, 0.5) is 0 Å². The zero-order valence-corrected chi connectivity index (χ0v) is 27.7. The first-order valence-electron chi connectivity index (χ1n) is 14.8. The molecular formula is C35H57NOSi. The number of unbranched alkanes of at least 4 members (excludes halogenated alkanes) is 3. The molecule has 2 aromatic rings. The summed E-state index contributed by atoms with van der Waals surface area (Å²) in [7, 11) is -0.881. The molecule has 0 spiro atoms. The summed E-state index contributed by atoms with van der Waals surface area (Å²) in [5.74, 6) is 0. The Morgan fingerprint density at radius 3 is 1.95 bits per heavy atom. The van der Waals surface area contributed by atoms with Crippen LogP contribution in [0.15, 0.2) is 48.0 Å². The van der Waals surface area contributed by atoms with Crippen LogP contribution in [0, 0.1) is 0 Å². The van der Waals surface area contributed by atoms with Crippen molar-refractivity contribution in [1.82, 2.24) is 0 Å². The van der Waals surface area contributed by atoms with Crippen LogP contribution < -0.4 is 5.73 Å². The normalized spacial score (nSPS) is 16.4. The standard InChI is InChI=1S/C31H46OSi.C4H11N/c1-23-22-28-26(24-16-18-25(19-17-24)30(2,3)4)14-13-15-27(28)29(23)33(8)21-12-10-9-11-20-32-31(5,6)7;1-4(2,3)5/h13-19,22,29,33H,9-12,20-21H2,1-8H3;5H2,1-3H3. The average Bonchev–Trinajstić information content (AvgIpc) is 3.12. The number of ether oxygens (including phenoxy) is 1. The lowest BCUT2D eigenvalue weighted by molar-refractivity contribution is -0.00471. The van der Waals surface area contributed by atoms with Crippen molar-refractivity contribution in [2.75, 3.05) is 6.61 Å². The van der Waals surface area contributed by atoms with Gasteiger partial charge in [-0.05, 0) is 93.7 Å². The maximum atomic E-state index is 5.86. The first kappa shape index (κ1) is 32.5. The van der Waals surface area contributed by atoms with Gasteiger partial charge in [0, 0.05) is 20.9 Å². The van der Waals surface area contributed by atoms with E-state index in [0.717, 1.165) is 6.61 Å². The second-order valence-corrected chi connectivity index (χ2v) is 17.7. The zero-order valence-electron chi connectivity index (χ0n) is 26.5. The maximum absolute atomic E-state index is 5.86. The van der Waals surface area contributed by atoms with Crippen LogP contribution >= 0.6 is 0 Å². The van der Waals surface area contributed by atoms with E-state index in [4.69, 9.17) is 10.5 Å². The highest BCUT2D eigenvalue weighted by atomic mass is 28.3. The predicted octanol–water partition coefficient (Wildman–Crippen LogP) is 9.67. The number of fused-ring (bicyclic) bond motifs is 1. The van der Waals surface area contributed by atoms with E-state index in [0.29, 0.717) is 5.54 Å². The van der Waals surface area contributed by atoms with Gasteiger partial charge in [-0.1, -0.05) is 107 Å². The molecule has 2 nitrogen and oxygen atoms in total. The van der Waals surface area contributed by atoms with E-state index in [-0.39, 0.29) is 16.6 Å². The lowest BCUT2D eigenvalue weighted by Crippen LogP contribution is -2.26. The molecule has 0 aromatic heterocycles. The van der Waals surface area contributed by atoms with E-state index in [2.05, 4.69) is 104 Å². The second kappa shape index (κ2) is 13.6. The molecule has 0 bridgehead atoms. The first-order chi connectivity index (χ1) is 17.5. The monoisotopic (exact) mass is 535 g/mol. The van der Waals surface area contributed by atoms with E-state index in [1.807, 2.05) is 20.8 Å². The van der Waals surface area contributed by atoms with Crippen molar-refractivity contribution in [1.29, 1.82) is 0 Å². The molecule has 1 aliphatic carbocycles. The third kappa shape index (κ3) is 10.8. The largest absolute Gasteiger partial charge is 0.376 e. The molecule has 3 rings (SSSR count). The Bertz CT molecular complexity index is 1030. The SMILES string of the molecule is CC(C)(C)N.CC1=Cc2c(-c3ccc(C(C)(C)C)cc3)cccc2C1[SiH](C)CCCCCCOC(C)(C)C. The molecular weight excluding hydrogens is 478 g/mol. The van der Waals surface area contributed by atoms with Gasteiger partial charge < -0.3 is 10.5 Å². The molecule has 0 saturated carbocycles. The fourth-order valence-electron chi connectivity index (χ4n) is 5.20. The summed E-state index contributed by atoms with van der Waals surface area (Å²) in [6.07, 6.45) is 7.68. The molecule has 2 N–H and O–H groups in total. The lowest BCUT2D eigenvalue weighted by atomic mass is 9.86. The summed E-state index contributed by atoms with van der Waals surface area (Å²) >= 11 is 0. The summed E-state index contributed by atoms with van der Waals surface area (Å²) in [5, 5.41) is 0. The second-order valence-electron chi connectivity index (χ2n) is 14.5. The van der Waals surface area contributed by atoms with Gasteiger partial charge in [-0.3, -0.25) is 0 Å². The Labute approximate surface area is 237 Å². The van der Waals surface area contributed by atoms with Crippen LogP contribution in [0.1, 0.15) is 117 Å². The first-order valence-corrected chi connectivity index (χ1v) is 17.5. The number of nitrogens with two attached hydrogens (primary N) is 1. The van der Waals surface area contributed by atoms with Gasteiger partial charge in [0.15, 0.2) is 0 Å². The van der Waals surface area contributed by atoms with Gasteiger partial charge in [0.05, 0.1) is 5.60 Å². The Balaban J connectivity index is 0.000000926. The molecule has 0 amide bonds. The van der Waals surface area contributed by atoms with Crippen LogP contribution in [-0.4, -0.2) is 26.5 Å². The molecule has 0 radical (unpaired) electrons. The minimum Gasteiger partial charge on any atom is -0.376 e. The molecule has 212 valence electrons. The van der Waals surface area contributed by atoms with Gasteiger partial charge in [-0.25, -0.2) is 0 Å². The fourth-order valence-corrected chi connectivity index (χ4v) is 8.37. The highest BCUT2D eigenvalue weighted by molar-refractivity contribution is 6.60. The quantitative estimate of drug-likeness (QED) is 0.256. The molecule has 3 heteroatoms. The number of benzene rings is 2. The number of allylic oxidation sites excluding steroid dienone is 1. The lowest BCUT2D eigenvalue weighted by Gasteiger charge is -2.22. The topological polar surface area (TPSA) is 35.2 Å². The van der Waals surface area contributed by atoms with Crippen molar-refractivity contribution in [3.05, 3.63) is 64.7 Å². The van der Waals surface area contributed by atoms with Gasteiger partial charge in [0.25, 0.3) is 0 Å². The summed E-state index contributed by atoms with van der Waals surface area (Å²) in [6.45, 7) is 25.0. The number of rotatable bonds is 9. The molecule has 0 heterocycles. The van der Waals surface area contributed by atoms with Gasteiger partial charge in [-0.15, -0.1) is 0 Å². The Morgan fingerprint density at radius 2 is 1.39 bits per heavy atom. The molecule has 0 saturated heterocycles. The van der Waals surface area contributed by atoms with Crippen molar-refractivity contribution in [2.45, 2.75) is 130 Å². The van der Waals surface area contributed by atoms with Crippen LogP contribution in [-0.2, 0) is 10.2 Å². The van der Waals surface area contributed by atoms with E-state index >= 15 is 0 Å². The van der Waals surface area contributed by atoms with E-state index < -0.39 is 8.80 Å². The highest BCUT2D eigenvalue weighted by Crippen LogP contribution is 2.43. The van der Waals surface area contributed by atoms with E-state index in [1.54, 1.807) is 11.1 Å². The molecule has 2 atom stereocenters. The van der Waals surface area contributed by atoms with Crippen LogP contribution in [0.3, 0.4) is 0 Å². The van der Waals surface area contributed by atoms with Crippen molar-refractivity contribution >= 4 is 14.9 Å². The number of hydrogen-bond donors (Lipinski definition) is 1. The maximum Gasteiger partial charge on any atom is 0.0598 e. The minimum atomic E-state index is -0.881. The summed E-state index contributed by atoms with van der Waals surface area (Å²) in [4.78, 5) is 0. The van der Waals surface area contributed by atoms with Crippen LogP contribution in [0.5, 0.6) is 0 Å². The van der Waals surface area contributed by atoms with Gasteiger partial charge >= 0.3 is 0 Å². The molecule has 0 fully saturated rings. The zero-order chi connectivity index (χ0) is 28.7. The Morgan fingerprint density at radius 1 is 0.816 bits per heavy atom. The molecule has 2 aromatic carbocycles. The highest BCUT2D eigenvalue weighted by Gasteiger charge is 2.29. The third-order valence-electron chi connectivity index (χ3n) is 7.06. The van der Waals surface area contributed by atoms with E-state index in [1.165, 1.54) is 54.0 Å². The Kier molecular flexibility index (Phi) is 11.6. The van der Waals surface area contributed by atoms with E-state index in [9.17, 15) is 0 Å². The van der Waals surface area contributed by atoms with Crippen LogP contribution in [0.2, 0.25) is 12.6 Å². The smallest absolute Gasteiger partial charge is 0.0598 e. The summed E-state index contributed by atoms with van der Waals surface area (Å²) in [6, 6.07) is 17.7. The Hall–Kier alpha value is -1.68. The van der Waals surface area contributed by atoms with Gasteiger partial charge in [-0.2, -0.15) is 0 Å². The van der Waals surface area contributed by atoms with Crippen molar-refractivity contribution in [3.63, 3.8) is 0 Å². The molecule has 1 aliphatic rings. The fraction of sp³-hybridized carbons (Fsp3) is 0.600. The van der Waals surface area contributed by atoms with Crippen molar-refractivity contribution in [2.24, 2.45) is 5.73 Å². The molecule has 2 unspecified atom stereocenters. The van der Waals surface area contributed by atoms with Gasteiger partial charge in [0.2, 0.25) is 0 Å². The summed E-state index contributed by atoms with van der Waals surface area (Å²) < 4.78 is 5.86. The minimum absolute atomic E-state index is 0. The molecule has 38 heavy (non-hydrogen) atoms. The number of hydrogen-bond acceptors (Lipinski definition) is 2. The predicted molar refractivity (Wildman–Crippen MR) is 173 cm³/mol. The van der Waals surface area contributed by atoms with Crippen molar-refractivity contribution < 1.29 is 4.74 Å².